The third kappa shape index (κ3) is 1.90. The van der Waals surface area contributed by atoms with Crippen molar-refractivity contribution in [2.45, 2.75) is 19.3 Å². The Morgan fingerprint density at radius 1 is 1.33 bits per heavy atom. The number of nitrogens with zero attached hydrogens (tertiary/aromatic N) is 1. The number of rotatable bonds is 3. The van der Waals surface area contributed by atoms with Gasteiger partial charge in [-0.25, -0.2) is 4.98 Å². The van der Waals surface area contributed by atoms with Crippen LogP contribution in [0.3, 0.4) is 0 Å². The Morgan fingerprint density at radius 3 is 2.78 bits per heavy atom. The van der Waals surface area contributed by atoms with Crippen LogP contribution < -0.4 is 15.2 Å². The first-order valence-electron chi connectivity index (χ1n) is 6.27. The van der Waals surface area contributed by atoms with Gasteiger partial charge in [-0.05, 0) is 13.0 Å². The van der Waals surface area contributed by atoms with Crippen molar-refractivity contribution in [2.24, 2.45) is 5.73 Å². The molecule has 1 atom stereocenters. The predicted molar refractivity (Wildman–Crippen MR) is 69.2 cm³/mol. The number of benzene rings is 1. The van der Waals surface area contributed by atoms with Crippen LogP contribution in [0.15, 0.2) is 12.1 Å². The summed E-state index contributed by atoms with van der Waals surface area (Å²) in [5.74, 6) is 2.87. The molecular formula is C13H17N3O2. The summed E-state index contributed by atoms with van der Waals surface area (Å²) >= 11 is 0. The van der Waals surface area contributed by atoms with Gasteiger partial charge in [0, 0.05) is 18.1 Å². The van der Waals surface area contributed by atoms with Crippen molar-refractivity contribution in [1.29, 1.82) is 0 Å². The largest absolute Gasteiger partial charge is 0.486 e. The Hall–Kier alpha value is -1.75. The standard InChI is InChI=1S/C13H17N3O2/c1-8(2-3-14)13-15-9-6-11-12(7-10(9)16-13)18-5-4-17-11/h6-8H,2-5,14H2,1H3,(H,15,16). The first-order chi connectivity index (χ1) is 8.78. The molecule has 18 heavy (non-hydrogen) atoms. The summed E-state index contributed by atoms with van der Waals surface area (Å²) in [6, 6.07) is 3.88. The number of nitrogens with two attached hydrogens (primary N) is 1. The number of aromatic nitrogens is 2. The van der Waals surface area contributed by atoms with E-state index in [0.717, 1.165) is 34.8 Å². The summed E-state index contributed by atoms with van der Waals surface area (Å²) in [4.78, 5) is 7.92. The van der Waals surface area contributed by atoms with E-state index in [9.17, 15) is 0 Å². The molecular weight excluding hydrogens is 230 g/mol. The average Bonchev–Trinajstić information content (AvgIpc) is 2.79. The Morgan fingerprint density at radius 2 is 2.06 bits per heavy atom. The fraction of sp³-hybridized carbons (Fsp3) is 0.462. The highest BCUT2D eigenvalue weighted by Gasteiger charge is 2.16. The van der Waals surface area contributed by atoms with Gasteiger partial charge in [0.2, 0.25) is 0 Å². The van der Waals surface area contributed by atoms with Gasteiger partial charge in [0.15, 0.2) is 11.5 Å². The molecule has 2 heterocycles. The van der Waals surface area contributed by atoms with Crippen LogP contribution in [0.25, 0.3) is 11.0 Å². The molecule has 0 spiro atoms. The minimum Gasteiger partial charge on any atom is -0.486 e. The van der Waals surface area contributed by atoms with E-state index < -0.39 is 0 Å². The topological polar surface area (TPSA) is 73.2 Å². The fourth-order valence-electron chi connectivity index (χ4n) is 2.19. The lowest BCUT2D eigenvalue weighted by molar-refractivity contribution is 0.172. The molecule has 1 aromatic carbocycles. The molecule has 0 saturated heterocycles. The van der Waals surface area contributed by atoms with Gasteiger partial charge in [0.05, 0.1) is 11.0 Å². The normalized spacial score (nSPS) is 15.9. The number of ether oxygens (including phenoxy) is 2. The van der Waals surface area contributed by atoms with Gasteiger partial charge >= 0.3 is 0 Å². The minimum atomic E-state index is 0.335. The summed E-state index contributed by atoms with van der Waals surface area (Å²) < 4.78 is 11.1. The van der Waals surface area contributed by atoms with Crippen molar-refractivity contribution in [3.05, 3.63) is 18.0 Å². The average molecular weight is 247 g/mol. The zero-order chi connectivity index (χ0) is 12.5. The molecule has 0 saturated carbocycles. The molecule has 5 heteroatoms. The molecule has 0 bridgehead atoms. The van der Waals surface area contributed by atoms with Crippen molar-refractivity contribution in [2.75, 3.05) is 19.8 Å². The maximum atomic E-state index is 5.58. The number of nitrogens with one attached hydrogen (secondary N) is 1. The van der Waals surface area contributed by atoms with Gasteiger partial charge in [0.25, 0.3) is 0 Å². The highest BCUT2D eigenvalue weighted by molar-refractivity contribution is 5.80. The van der Waals surface area contributed by atoms with Crippen LogP contribution in [0, 0.1) is 0 Å². The van der Waals surface area contributed by atoms with Crippen LogP contribution in [0.5, 0.6) is 11.5 Å². The third-order valence-corrected chi connectivity index (χ3v) is 3.23. The van der Waals surface area contributed by atoms with Crippen LogP contribution in [0.1, 0.15) is 25.1 Å². The molecule has 2 aromatic rings. The van der Waals surface area contributed by atoms with Gasteiger partial charge < -0.3 is 20.2 Å². The number of aromatic amines is 1. The lowest BCUT2D eigenvalue weighted by atomic mass is 10.1. The molecule has 1 aliphatic rings. The summed E-state index contributed by atoms with van der Waals surface area (Å²) in [7, 11) is 0. The molecule has 0 radical (unpaired) electrons. The molecule has 0 amide bonds. The number of fused-ring (bicyclic) bond motifs is 2. The smallest absolute Gasteiger partial charge is 0.163 e. The number of imidazole rings is 1. The first-order valence-corrected chi connectivity index (χ1v) is 6.27. The van der Waals surface area contributed by atoms with Crippen LogP contribution in [-0.4, -0.2) is 29.7 Å². The van der Waals surface area contributed by atoms with E-state index in [1.165, 1.54) is 0 Å². The van der Waals surface area contributed by atoms with Crippen LogP contribution >= 0.6 is 0 Å². The Labute approximate surface area is 105 Å². The zero-order valence-corrected chi connectivity index (χ0v) is 10.4. The van der Waals surface area contributed by atoms with E-state index in [-0.39, 0.29) is 0 Å². The second-order valence-electron chi connectivity index (χ2n) is 4.61. The lowest BCUT2D eigenvalue weighted by Crippen LogP contribution is -2.15. The first kappa shape index (κ1) is 11.3. The molecule has 5 nitrogen and oxygen atoms in total. The monoisotopic (exact) mass is 247 g/mol. The van der Waals surface area contributed by atoms with E-state index in [1.807, 2.05) is 12.1 Å². The molecule has 1 aromatic heterocycles. The highest BCUT2D eigenvalue weighted by Crippen LogP contribution is 2.34. The van der Waals surface area contributed by atoms with Gasteiger partial charge in [-0.1, -0.05) is 6.92 Å². The molecule has 1 aliphatic heterocycles. The van der Waals surface area contributed by atoms with E-state index in [0.29, 0.717) is 25.7 Å². The van der Waals surface area contributed by atoms with Gasteiger partial charge in [-0.2, -0.15) is 0 Å². The van der Waals surface area contributed by atoms with Crippen molar-refractivity contribution in [3.63, 3.8) is 0 Å². The summed E-state index contributed by atoms with van der Waals surface area (Å²) in [5.41, 5.74) is 7.48. The van der Waals surface area contributed by atoms with E-state index in [4.69, 9.17) is 15.2 Å². The van der Waals surface area contributed by atoms with E-state index in [1.54, 1.807) is 0 Å². The maximum Gasteiger partial charge on any atom is 0.163 e. The molecule has 1 unspecified atom stereocenters. The summed E-state index contributed by atoms with van der Waals surface area (Å²) in [6.45, 7) is 3.99. The molecule has 96 valence electrons. The summed E-state index contributed by atoms with van der Waals surface area (Å²) in [5, 5.41) is 0. The Balaban J connectivity index is 2.01. The highest BCUT2D eigenvalue weighted by atomic mass is 16.6. The molecule has 3 N–H and O–H groups in total. The van der Waals surface area contributed by atoms with Crippen molar-refractivity contribution in [1.82, 2.24) is 9.97 Å². The minimum absolute atomic E-state index is 0.335. The van der Waals surface area contributed by atoms with Crippen molar-refractivity contribution >= 4 is 11.0 Å². The Bertz CT molecular complexity index is 522. The predicted octanol–water partition coefficient (Wildman–Crippen LogP) is 1.79. The van der Waals surface area contributed by atoms with E-state index in [2.05, 4.69) is 16.9 Å². The quantitative estimate of drug-likeness (QED) is 0.867. The molecule has 0 fully saturated rings. The second-order valence-corrected chi connectivity index (χ2v) is 4.61. The molecule has 0 aliphatic carbocycles. The number of hydrogen-bond acceptors (Lipinski definition) is 4. The SMILES string of the molecule is CC(CCN)c1nc2cc3c(cc2[nH]1)OCCO3. The second kappa shape index (κ2) is 4.49. The zero-order valence-electron chi connectivity index (χ0n) is 10.4. The summed E-state index contributed by atoms with van der Waals surface area (Å²) in [6.07, 6.45) is 0.923. The van der Waals surface area contributed by atoms with Crippen molar-refractivity contribution in [3.8, 4) is 11.5 Å². The van der Waals surface area contributed by atoms with Gasteiger partial charge in [0.1, 0.15) is 19.0 Å². The maximum absolute atomic E-state index is 5.58. The van der Waals surface area contributed by atoms with Crippen molar-refractivity contribution < 1.29 is 9.47 Å². The number of H-pyrrole nitrogens is 1. The molecule has 3 rings (SSSR count). The van der Waals surface area contributed by atoms with Gasteiger partial charge in [-0.15, -0.1) is 0 Å². The number of hydrogen-bond donors (Lipinski definition) is 2. The third-order valence-electron chi connectivity index (χ3n) is 3.23. The van der Waals surface area contributed by atoms with E-state index >= 15 is 0 Å². The lowest BCUT2D eigenvalue weighted by Gasteiger charge is -2.17. The van der Waals surface area contributed by atoms with Crippen LogP contribution in [-0.2, 0) is 0 Å². The van der Waals surface area contributed by atoms with Gasteiger partial charge in [-0.3, -0.25) is 0 Å². The fourth-order valence-corrected chi connectivity index (χ4v) is 2.19. The van der Waals surface area contributed by atoms with Crippen LogP contribution in [0.4, 0.5) is 0 Å². The Kier molecular flexibility index (Phi) is 2.83. The van der Waals surface area contributed by atoms with Crippen LogP contribution in [0.2, 0.25) is 0 Å².